The summed E-state index contributed by atoms with van der Waals surface area (Å²) in [5.41, 5.74) is 2.00. The van der Waals surface area contributed by atoms with Crippen molar-refractivity contribution in [3.8, 4) is 11.3 Å². The van der Waals surface area contributed by atoms with Gasteiger partial charge in [0.1, 0.15) is 0 Å². The number of hydrogen-bond donors (Lipinski definition) is 2. The van der Waals surface area contributed by atoms with Crippen LogP contribution >= 0.6 is 22.9 Å². The van der Waals surface area contributed by atoms with Gasteiger partial charge in [0, 0.05) is 27.6 Å². The first-order chi connectivity index (χ1) is 13.4. The highest BCUT2D eigenvalue weighted by atomic mass is 35.5. The van der Waals surface area contributed by atoms with E-state index in [9.17, 15) is 13.2 Å². The molecular formula is C19H16ClN3O3S2. The molecule has 144 valence electrons. The number of nitrogens with zero attached hydrogens (tertiary/aromatic N) is 1. The number of carbonyl (C=O) groups is 1. The fourth-order valence-electron chi connectivity index (χ4n) is 2.53. The molecule has 1 aromatic heterocycles. The molecule has 1 heterocycles. The molecule has 4 rings (SSSR count). The quantitative estimate of drug-likeness (QED) is 0.611. The van der Waals surface area contributed by atoms with Gasteiger partial charge in [0.05, 0.1) is 10.6 Å². The maximum atomic E-state index is 12.4. The third kappa shape index (κ3) is 4.41. The predicted octanol–water partition coefficient (Wildman–Crippen LogP) is 4.16. The Morgan fingerprint density at radius 2 is 1.75 bits per heavy atom. The molecule has 6 nitrogen and oxygen atoms in total. The number of rotatable bonds is 6. The summed E-state index contributed by atoms with van der Waals surface area (Å²) < 4.78 is 27.0. The van der Waals surface area contributed by atoms with Crippen molar-refractivity contribution in [2.45, 2.75) is 23.8 Å². The van der Waals surface area contributed by atoms with Crippen molar-refractivity contribution in [2.24, 2.45) is 0 Å². The SMILES string of the molecule is O=C(Nc1nc(-c2ccc(Cl)cc2)cs1)c1ccc(S(=O)(=O)NC2CC2)cc1. The highest BCUT2D eigenvalue weighted by Gasteiger charge is 2.28. The molecule has 1 aliphatic carbocycles. The molecule has 9 heteroatoms. The van der Waals surface area contributed by atoms with Crippen LogP contribution < -0.4 is 10.0 Å². The number of amides is 1. The molecule has 1 fully saturated rings. The lowest BCUT2D eigenvalue weighted by atomic mass is 10.2. The average molecular weight is 434 g/mol. The van der Waals surface area contributed by atoms with E-state index in [1.807, 2.05) is 17.5 Å². The number of sulfonamides is 1. The molecule has 1 aliphatic rings. The van der Waals surface area contributed by atoms with Crippen LogP contribution in [0, 0.1) is 0 Å². The summed E-state index contributed by atoms with van der Waals surface area (Å²) in [4.78, 5) is 17.0. The maximum Gasteiger partial charge on any atom is 0.257 e. The lowest BCUT2D eigenvalue weighted by Gasteiger charge is -2.06. The van der Waals surface area contributed by atoms with Gasteiger partial charge < -0.3 is 0 Å². The van der Waals surface area contributed by atoms with Gasteiger partial charge in [-0.1, -0.05) is 23.7 Å². The van der Waals surface area contributed by atoms with Crippen LogP contribution in [0.25, 0.3) is 11.3 Å². The zero-order valence-electron chi connectivity index (χ0n) is 14.6. The Kier molecular flexibility index (Phi) is 5.20. The van der Waals surface area contributed by atoms with E-state index in [0.717, 1.165) is 24.1 Å². The van der Waals surface area contributed by atoms with Crippen LogP contribution in [0.1, 0.15) is 23.2 Å². The number of hydrogen-bond acceptors (Lipinski definition) is 5. The van der Waals surface area contributed by atoms with E-state index >= 15 is 0 Å². The molecular weight excluding hydrogens is 418 g/mol. The highest BCUT2D eigenvalue weighted by Crippen LogP contribution is 2.26. The van der Waals surface area contributed by atoms with E-state index in [0.29, 0.717) is 15.7 Å². The number of nitrogens with one attached hydrogen (secondary N) is 2. The van der Waals surface area contributed by atoms with E-state index in [4.69, 9.17) is 11.6 Å². The van der Waals surface area contributed by atoms with Crippen LogP contribution in [0.4, 0.5) is 5.13 Å². The molecule has 0 unspecified atom stereocenters. The summed E-state index contributed by atoms with van der Waals surface area (Å²) in [6.45, 7) is 0. The van der Waals surface area contributed by atoms with Crippen LogP contribution in [0.15, 0.2) is 58.8 Å². The Labute approximate surface area is 171 Å². The van der Waals surface area contributed by atoms with Gasteiger partial charge in [-0.15, -0.1) is 11.3 Å². The zero-order chi connectivity index (χ0) is 19.7. The Balaban J connectivity index is 1.44. The molecule has 0 bridgehead atoms. The smallest absolute Gasteiger partial charge is 0.257 e. The van der Waals surface area contributed by atoms with Gasteiger partial charge in [-0.3, -0.25) is 10.1 Å². The lowest BCUT2D eigenvalue weighted by Crippen LogP contribution is -2.25. The normalized spacial score (nSPS) is 14.0. The summed E-state index contributed by atoms with van der Waals surface area (Å²) >= 11 is 7.20. The highest BCUT2D eigenvalue weighted by molar-refractivity contribution is 7.89. The molecule has 1 saturated carbocycles. The van der Waals surface area contributed by atoms with E-state index in [2.05, 4.69) is 15.0 Å². The largest absolute Gasteiger partial charge is 0.298 e. The third-order valence-electron chi connectivity index (χ3n) is 4.19. The number of thiazole rings is 1. The van der Waals surface area contributed by atoms with Crippen LogP contribution in [0.2, 0.25) is 5.02 Å². The molecule has 0 aliphatic heterocycles. The van der Waals surface area contributed by atoms with Gasteiger partial charge in [-0.2, -0.15) is 0 Å². The van der Waals surface area contributed by atoms with Crippen LogP contribution in [0.3, 0.4) is 0 Å². The van der Waals surface area contributed by atoms with Gasteiger partial charge >= 0.3 is 0 Å². The Morgan fingerprint density at radius 3 is 2.39 bits per heavy atom. The Bertz CT molecular complexity index is 1110. The number of anilines is 1. The molecule has 2 N–H and O–H groups in total. The molecule has 2 aromatic carbocycles. The minimum atomic E-state index is -3.53. The molecule has 0 atom stereocenters. The zero-order valence-corrected chi connectivity index (χ0v) is 16.9. The minimum Gasteiger partial charge on any atom is -0.298 e. The standard InChI is InChI=1S/C19H16ClN3O3S2/c20-14-5-1-12(2-6-14)17-11-27-19(21-17)22-18(24)13-3-9-16(10-4-13)28(25,26)23-15-7-8-15/h1-6,9-11,15,23H,7-8H2,(H,21,22,24). The first kappa shape index (κ1) is 19.1. The van der Waals surface area contributed by atoms with Gasteiger partial charge in [0.15, 0.2) is 5.13 Å². The maximum absolute atomic E-state index is 12.4. The molecule has 1 amide bonds. The van der Waals surface area contributed by atoms with E-state index in [1.165, 1.54) is 35.6 Å². The number of benzene rings is 2. The fraction of sp³-hybridized carbons (Fsp3) is 0.158. The second-order valence-corrected chi connectivity index (χ2v) is 9.43. The molecule has 28 heavy (non-hydrogen) atoms. The van der Waals surface area contributed by atoms with Crippen LogP contribution in [-0.4, -0.2) is 25.4 Å². The molecule has 0 saturated heterocycles. The lowest BCUT2D eigenvalue weighted by molar-refractivity contribution is 0.102. The van der Waals surface area contributed by atoms with Crippen molar-refractivity contribution in [3.05, 3.63) is 64.5 Å². The second-order valence-electron chi connectivity index (χ2n) is 6.42. The predicted molar refractivity (Wildman–Crippen MR) is 110 cm³/mol. The van der Waals surface area contributed by atoms with Crippen molar-refractivity contribution in [3.63, 3.8) is 0 Å². The fourth-order valence-corrected chi connectivity index (χ4v) is 4.67. The summed E-state index contributed by atoms with van der Waals surface area (Å²) in [6, 6.07) is 13.2. The Hall–Kier alpha value is -2.26. The van der Waals surface area contributed by atoms with Gasteiger partial charge in [0.25, 0.3) is 5.91 Å². The van der Waals surface area contributed by atoms with E-state index < -0.39 is 10.0 Å². The van der Waals surface area contributed by atoms with Crippen molar-refractivity contribution in [1.82, 2.24) is 9.71 Å². The van der Waals surface area contributed by atoms with Gasteiger partial charge in [-0.25, -0.2) is 18.1 Å². The second kappa shape index (κ2) is 7.63. The Morgan fingerprint density at radius 1 is 1.07 bits per heavy atom. The summed E-state index contributed by atoms with van der Waals surface area (Å²) in [6.07, 6.45) is 1.73. The third-order valence-corrected chi connectivity index (χ3v) is 6.74. The monoisotopic (exact) mass is 433 g/mol. The first-order valence-electron chi connectivity index (χ1n) is 8.56. The number of aromatic nitrogens is 1. The van der Waals surface area contributed by atoms with E-state index in [-0.39, 0.29) is 16.8 Å². The summed E-state index contributed by atoms with van der Waals surface area (Å²) in [7, 11) is -3.53. The van der Waals surface area contributed by atoms with Gasteiger partial charge in [0.2, 0.25) is 10.0 Å². The molecule has 3 aromatic rings. The van der Waals surface area contributed by atoms with E-state index in [1.54, 1.807) is 12.1 Å². The molecule has 0 spiro atoms. The number of carbonyl (C=O) groups excluding carboxylic acids is 1. The van der Waals surface area contributed by atoms with Gasteiger partial charge in [-0.05, 0) is 49.2 Å². The summed E-state index contributed by atoms with van der Waals surface area (Å²) in [5.74, 6) is -0.351. The van der Waals surface area contributed by atoms with Crippen molar-refractivity contribution < 1.29 is 13.2 Å². The molecule has 0 radical (unpaired) electrons. The van der Waals surface area contributed by atoms with Crippen LogP contribution in [0.5, 0.6) is 0 Å². The van der Waals surface area contributed by atoms with Crippen molar-refractivity contribution >= 4 is 44.0 Å². The first-order valence-corrected chi connectivity index (χ1v) is 11.3. The summed E-state index contributed by atoms with van der Waals surface area (Å²) in [5, 5.41) is 5.69. The van der Waals surface area contributed by atoms with Crippen molar-refractivity contribution in [2.75, 3.05) is 5.32 Å². The minimum absolute atomic E-state index is 0.0349. The van der Waals surface area contributed by atoms with Crippen LogP contribution in [-0.2, 0) is 10.0 Å². The van der Waals surface area contributed by atoms with Crippen molar-refractivity contribution in [1.29, 1.82) is 0 Å². The number of halogens is 1. The topological polar surface area (TPSA) is 88.2 Å². The average Bonchev–Trinajstić information content (AvgIpc) is 3.36.